The van der Waals surface area contributed by atoms with Crippen molar-refractivity contribution in [2.75, 3.05) is 13.1 Å². The second-order valence-corrected chi connectivity index (χ2v) is 3.45. The summed E-state index contributed by atoms with van der Waals surface area (Å²) in [5, 5.41) is 3.37. The first-order valence-electron chi connectivity index (χ1n) is 4.61. The van der Waals surface area contributed by atoms with E-state index < -0.39 is 0 Å². The fourth-order valence-corrected chi connectivity index (χ4v) is 1.76. The largest absolute Gasteiger partial charge is 0.337 e. The minimum Gasteiger partial charge on any atom is -0.337 e. The maximum Gasteiger partial charge on any atom is 0.0945 e. The maximum absolute atomic E-state index is 4.04. The number of nitrogens with zero attached hydrogens (tertiary/aromatic N) is 2. The van der Waals surface area contributed by atoms with Gasteiger partial charge in [0.25, 0.3) is 0 Å². The molecule has 1 aromatic heterocycles. The molecule has 0 saturated carbocycles. The van der Waals surface area contributed by atoms with E-state index in [1.807, 2.05) is 18.7 Å². The van der Waals surface area contributed by atoms with Crippen molar-refractivity contribution in [2.45, 2.75) is 19.4 Å². The second kappa shape index (κ2) is 7.10. The summed E-state index contributed by atoms with van der Waals surface area (Å²) >= 11 is 0. The average molecular weight is 238 g/mol. The molecular formula is C9H17Cl2N3. The summed E-state index contributed by atoms with van der Waals surface area (Å²) in [5.74, 6) is 0.848. The van der Waals surface area contributed by atoms with Gasteiger partial charge in [-0.3, -0.25) is 0 Å². The number of piperidine rings is 1. The van der Waals surface area contributed by atoms with Gasteiger partial charge in [0.2, 0.25) is 0 Å². The van der Waals surface area contributed by atoms with E-state index in [2.05, 4.69) is 14.9 Å². The summed E-state index contributed by atoms with van der Waals surface area (Å²) in [5.41, 5.74) is 0. The molecule has 2 rings (SSSR count). The van der Waals surface area contributed by atoms with Crippen molar-refractivity contribution < 1.29 is 0 Å². The average Bonchev–Trinajstić information content (AvgIpc) is 2.59. The predicted molar refractivity (Wildman–Crippen MR) is 62.3 cm³/mol. The number of imidazole rings is 1. The van der Waals surface area contributed by atoms with Crippen LogP contribution in [0.3, 0.4) is 0 Å². The van der Waals surface area contributed by atoms with Gasteiger partial charge in [0, 0.05) is 18.9 Å². The lowest BCUT2D eigenvalue weighted by Crippen LogP contribution is -2.29. The van der Waals surface area contributed by atoms with Gasteiger partial charge in [-0.25, -0.2) is 4.98 Å². The van der Waals surface area contributed by atoms with Crippen LogP contribution in [0.5, 0.6) is 0 Å². The lowest BCUT2D eigenvalue weighted by atomic mass is 9.98. The molecule has 0 radical (unpaired) electrons. The van der Waals surface area contributed by atoms with E-state index in [0.717, 1.165) is 12.5 Å². The minimum absolute atomic E-state index is 0. The van der Waals surface area contributed by atoms with Gasteiger partial charge in [-0.15, -0.1) is 24.8 Å². The first-order valence-corrected chi connectivity index (χ1v) is 4.61. The zero-order valence-electron chi connectivity index (χ0n) is 8.06. The normalized spacial score (nSPS) is 16.9. The van der Waals surface area contributed by atoms with Crippen molar-refractivity contribution in [2.24, 2.45) is 5.92 Å². The Morgan fingerprint density at radius 2 is 2.00 bits per heavy atom. The number of hydrogen-bond donors (Lipinski definition) is 1. The molecule has 0 aromatic carbocycles. The highest BCUT2D eigenvalue weighted by Gasteiger charge is 2.12. The molecule has 1 aromatic rings. The standard InChI is InChI=1S/C9H15N3.2ClH/c1-3-10-4-2-9(1)7-12-6-5-11-8-12;;/h5-6,8-10H,1-4,7H2;2*1H. The molecule has 0 aliphatic carbocycles. The molecule has 0 amide bonds. The third-order valence-corrected chi connectivity index (χ3v) is 2.49. The van der Waals surface area contributed by atoms with Gasteiger partial charge in [-0.2, -0.15) is 0 Å². The van der Waals surface area contributed by atoms with E-state index in [1.165, 1.54) is 25.9 Å². The topological polar surface area (TPSA) is 29.9 Å². The first-order chi connectivity index (χ1) is 5.95. The van der Waals surface area contributed by atoms with E-state index in [4.69, 9.17) is 0 Å². The molecule has 0 atom stereocenters. The van der Waals surface area contributed by atoms with Crippen molar-refractivity contribution in [3.8, 4) is 0 Å². The Morgan fingerprint density at radius 3 is 2.57 bits per heavy atom. The summed E-state index contributed by atoms with van der Waals surface area (Å²) in [6.07, 6.45) is 8.40. The van der Waals surface area contributed by atoms with Crippen molar-refractivity contribution >= 4 is 24.8 Å². The van der Waals surface area contributed by atoms with Gasteiger partial charge in [0.1, 0.15) is 0 Å². The Balaban J connectivity index is 0.000000845. The van der Waals surface area contributed by atoms with Crippen LogP contribution in [-0.4, -0.2) is 22.6 Å². The lowest BCUT2D eigenvalue weighted by Gasteiger charge is -2.22. The quantitative estimate of drug-likeness (QED) is 0.850. The van der Waals surface area contributed by atoms with Gasteiger partial charge >= 0.3 is 0 Å². The SMILES string of the molecule is Cl.Cl.c1cn(CC2CCNCC2)cn1. The molecule has 5 heteroatoms. The highest BCUT2D eigenvalue weighted by molar-refractivity contribution is 5.85. The van der Waals surface area contributed by atoms with Gasteiger partial charge in [0.05, 0.1) is 6.33 Å². The van der Waals surface area contributed by atoms with E-state index >= 15 is 0 Å². The maximum atomic E-state index is 4.04. The van der Waals surface area contributed by atoms with E-state index in [1.54, 1.807) is 0 Å². The Bertz CT molecular complexity index is 220. The molecule has 3 nitrogen and oxygen atoms in total. The Labute approximate surface area is 97.1 Å². The smallest absolute Gasteiger partial charge is 0.0945 e. The first kappa shape index (κ1) is 13.8. The van der Waals surface area contributed by atoms with Crippen LogP contribution in [-0.2, 0) is 6.54 Å². The third kappa shape index (κ3) is 3.86. The molecule has 0 unspecified atom stereocenters. The van der Waals surface area contributed by atoms with Crippen molar-refractivity contribution in [1.29, 1.82) is 0 Å². The number of rotatable bonds is 2. The van der Waals surface area contributed by atoms with Crippen molar-refractivity contribution in [1.82, 2.24) is 14.9 Å². The third-order valence-electron chi connectivity index (χ3n) is 2.49. The van der Waals surface area contributed by atoms with Crippen LogP contribution in [0.15, 0.2) is 18.7 Å². The molecule has 2 heterocycles. The lowest BCUT2D eigenvalue weighted by molar-refractivity contribution is 0.333. The van der Waals surface area contributed by atoms with Crippen molar-refractivity contribution in [3.63, 3.8) is 0 Å². The Kier molecular flexibility index (Phi) is 6.97. The van der Waals surface area contributed by atoms with E-state index in [9.17, 15) is 0 Å². The van der Waals surface area contributed by atoms with Crippen LogP contribution < -0.4 is 5.32 Å². The monoisotopic (exact) mass is 237 g/mol. The molecule has 1 N–H and O–H groups in total. The fraction of sp³-hybridized carbons (Fsp3) is 0.667. The Hall–Kier alpha value is -0.250. The van der Waals surface area contributed by atoms with Gasteiger partial charge in [-0.1, -0.05) is 0 Å². The highest BCUT2D eigenvalue weighted by Crippen LogP contribution is 2.13. The molecule has 0 spiro atoms. The van der Waals surface area contributed by atoms with Crippen LogP contribution in [0.2, 0.25) is 0 Å². The summed E-state index contributed by atoms with van der Waals surface area (Å²) < 4.78 is 2.18. The number of hydrogen-bond acceptors (Lipinski definition) is 2. The number of halogens is 2. The van der Waals surface area contributed by atoms with E-state index in [-0.39, 0.29) is 24.8 Å². The molecule has 1 saturated heterocycles. The van der Waals surface area contributed by atoms with Crippen LogP contribution in [0.4, 0.5) is 0 Å². The molecule has 0 bridgehead atoms. The fourth-order valence-electron chi connectivity index (χ4n) is 1.76. The van der Waals surface area contributed by atoms with Crippen LogP contribution in [0.1, 0.15) is 12.8 Å². The Morgan fingerprint density at radius 1 is 1.29 bits per heavy atom. The molecule has 1 aliphatic rings. The molecule has 1 fully saturated rings. The molecule has 1 aliphatic heterocycles. The number of aromatic nitrogens is 2. The van der Waals surface area contributed by atoms with E-state index in [0.29, 0.717) is 0 Å². The second-order valence-electron chi connectivity index (χ2n) is 3.45. The zero-order valence-corrected chi connectivity index (χ0v) is 9.69. The van der Waals surface area contributed by atoms with Crippen LogP contribution in [0, 0.1) is 5.92 Å². The summed E-state index contributed by atoms with van der Waals surface area (Å²) in [6, 6.07) is 0. The van der Waals surface area contributed by atoms with Gasteiger partial charge < -0.3 is 9.88 Å². The van der Waals surface area contributed by atoms with Gasteiger partial charge in [0.15, 0.2) is 0 Å². The highest BCUT2D eigenvalue weighted by atomic mass is 35.5. The summed E-state index contributed by atoms with van der Waals surface area (Å²) in [7, 11) is 0. The molecule has 14 heavy (non-hydrogen) atoms. The molecule has 82 valence electrons. The minimum atomic E-state index is 0. The van der Waals surface area contributed by atoms with Crippen LogP contribution >= 0.6 is 24.8 Å². The predicted octanol–water partition coefficient (Wildman–Crippen LogP) is 1.73. The van der Waals surface area contributed by atoms with Crippen LogP contribution in [0.25, 0.3) is 0 Å². The molecular weight excluding hydrogens is 221 g/mol. The van der Waals surface area contributed by atoms with Gasteiger partial charge in [-0.05, 0) is 31.8 Å². The van der Waals surface area contributed by atoms with Crippen molar-refractivity contribution in [3.05, 3.63) is 18.7 Å². The summed E-state index contributed by atoms with van der Waals surface area (Å²) in [4.78, 5) is 4.04. The number of nitrogens with one attached hydrogen (secondary N) is 1. The zero-order chi connectivity index (χ0) is 8.23. The summed E-state index contributed by atoms with van der Waals surface area (Å²) in [6.45, 7) is 3.50.